The Morgan fingerprint density at radius 3 is 2.42 bits per heavy atom. The third kappa shape index (κ3) is 4.89. The van der Waals surface area contributed by atoms with Crippen molar-refractivity contribution in [1.29, 1.82) is 0 Å². The molecule has 2 aromatic carbocycles. The maximum absolute atomic E-state index is 6.17. The van der Waals surface area contributed by atoms with Gasteiger partial charge in [0.25, 0.3) is 0 Å². The van der Waals surface area contributed by atoms with E-state index in [2.05, 4.69) is 46.7 Å². The number of benzene rings is 2. The van der Waals surface area contributed by atoms with E-state index in [0.717, 1.165) is 16.3 Å². The average Bonchev–Trinajstić information content (AvgIpc) is 2.65. The molecule has 1 aliphatic rings. The van der Waals surface area contributed by atoms with E-state index in [1.807, 2.05) is 25.1 Å². The van der Waals surface area contributed by atoms with Crippen LogP contribution in [0.4, 0.5) is 11.4 Å². The molecule has 1 heterocycles. The minimum atomic E-state index is 0.131. The van der Waals surface area contributed by atoms with Crippen LogP contribution in [0.15, 0.2) is 42.5 Å². The third-order valence-corrected chi connectivity index (χ3v) is 5.52. The van der Waals surface area contributed by atoms with Crippen molar-refractivity contribution in [2.45, 2.75) is 39.2 Å². The van der Waals surface area contributed by atoms with Gasteiger partial charge in [-0.15, -0.1) is 0 Å². The molecule has 0 bridgehead atoms. The van der Waals surface area contributed by atoms with E-state index in [1.54, 1.807) is 0 Å². The van der Waals surface area contributed by atoms with Gasteiger partial charge in [0.15, 0.2) is 5.11 Å². The summed E-state index contributed by atoms with van der Waals surface area (Å²) in [6, 6.07) is 14.8. The van der Waals surface area contributed by atoms with Crippen LogP contribution in [0.1, 0.15) is 43.4 Å². The van der Waals surface area contributed by atoms with Gasteiger partial charge in [0.05, 0.1) is 6.04 Å². The molecule has 2 N–H and O–H groups in total. The Kier molecular flexibility index (Phi) is 6.38. The third-order valence-electron chi connectivity index (χ3n) is 4.89. The lowest BCUT2D eigenvalue weighted by atomic mass is 10.1. The zero-order valence-corrected chi connectivity index (χ0v) is 17.0. The predicted molar refractivity (Wildman–Crippen MR) is 116 cm³/mol. The van der Waals surface area contributed by atoms with Gasteiger partial charge in [-0.2, -0.15) is 0 Å². The highest BCUT2D eigenvalue weighted by atomic mass is 35.5. The van der Waals surface area contributed by atoms with Crippen LogP contribution < -0.4 is 15.5 Å². The van der Waals surface area contributed by atoms with E-state index >= 15 is 0 Å². The van der Waals surface area contributed by atoms with Crippen LogP contribution in [0.25, 0.3) is 0 Å². The second-order valence-electron chi connectivity index (χ2n) is 6.92. The maximum atomic E-state index is 6.17. The first kappa shape index (κ1) is 19.0. The smallest absolute Gasteiger partial charge is 0.171 e. The first-order valence-electron chi connectivity index (χ1n) is 9.21. The molecule has 1 saturated heterocycles. The van der Waals surface area contributed by atoms with Crippen LogP contribution in [-0.4, -0.2) is 18.2 Å². The normalized spacial score (nSPS) is 15.4. The molecule has 0 aliphatic carbocycles. The van der Waals surface area contributed by atoms with E-state index in [9.17, 15) is 0 Å². The molecule has 2 aromatic rings. The first-order valence-corrected chi connectivity index (χ1v) is 10.00. The van der Waals surface area contributed by atoms with Crippen LogP contribution in [-0.2, 0) is 0 Å². The fourth-order valence-electron chi connectivity index (χ4n) is 3.24. The van der Waals surface area contributed by atoms with Crippen molar-refractivity contribution in [3.05, 3.63) is 58.6 Å². The van der Waals surface area contributed by atoms with Crippen molar-refractivity contribution >= 4 is 40.3 Å². The molecule has 3 rings (SSSR count). The topological polar surface area (TPSA) is 27.3 Å². The first-order chi connectivity index (χ1) is 12.5. The molecular weight excluding hydrogens is 362 g/mol. The maximum Gasteiger partial charge on any atom is 0.171 e. The monoisotopic (exact) mass is 387 g/mol. The van der Waals surface area contributed by atoms with Crippen LogP contribution in [0.5, 0.6) is 0 Å². The Hall–Kier alpha value is -1.78. The number of anilines is 2. The van der Waals surface area contributed by atoms with E-state index < -0.39 is 0 Å². The van der Waals surface area contributed by atoms with E-state index in [0.29, 0.717) is 5.11 Å². The summed E-state index contributed by atoms with van der Waals surface area (Å²) in [5.74, 6) is 0. The number of rotatable bonds is 4. The molecule has 138 valence electrons. The Bertz CT molecular complexity index is 754. The second kappa shape index (κ2) is 8.74. The van der Waals surface area contributed by atoms with Crippen molar-refractivity contribution in [3.8, 4) is 0 Å². The molecule has 5 heteroatoms. The molecule has 26 heavy (non-hydrogen) atoms. The largest absolute Gasteiger partial charge is 0.372 e. The molecule has 0 saturated carbocycles. The van der Waals surface area contributed by atoms with E-state index in [1.165, 1.54) is 43.6 Å². The molecular formula is C21H26ClN3S. The number of aryl methyl sites for hydroxylation is 1. The molecule has 0 unspecified atom stereocenters. The Morgan fingerprint density at radius 2 is 1.77 bits per heavy atom. The van der Waals surface area contributed by atoms with Crippen molar-refractivity contribution in [3.63, 3.8) is 0 Å². The van der Waals surface area contributed by atoms with Gasteiger partial charge in [-0.25, -0.2) is 0 Å². The van der Waals surface area contributed by atoms with Crippen molar-refractivity contribution in [2.75, 3.05) is 23.3 Å². The van der Waals surface area contributed by atoms with Crippen LogP contribution in [0.2, 0.25) is 5.02 Å². The number of nitrogens with one attached hydrogen (secondary N) is 2. The number of hydrogen-bond donors (Lipinski definition) is 2. The molecule has 0 spiro atoms. The molecule has 1 fully saturated rings. The minimum Gasteiger partial charge on any atom is -0.372 e. The van der Waals surface area contributed by atoms with Crippen molar-refractivity contribution in [2.24, 2.45) is 0 Å². The summed E-state index contributed by atoms with van der Waals surface area (Å²) >= 11 is 11.6. The average molecular weight is 388 g/mol. The quantitative estimate of drug-likeness (QED) is 0.659. The zero-order valence-electron chi connectivity index (χ0n) is 15.4. The number of hydrogen-bond acceptors (Lipinski definition) is 2. The van der Waals surface area contributed by atoms with Gasteiger partial charge in [-0.1, -0.05) is 29.8 Å². The SMILES string of the molecule is Cc1ccc(NC(=S)N[C@H](C)c2ccc(N3CCCCC3)cc2)cc1Cl. The summed E-state index contributed by atoms with van der Waals surface area (Å²) < 4.78 is 0. The van der Waals surface area contributed by atoms with Crippen molar-refractivity contribution < 1.29 is 0 Å². The molecule has 0 radical (unpaired) electrons. The fourth-order valence-corrected chi connectivity index (χ4v) is 3.72. The fraction of sp³-hybridized carbons (Fsp3) is 0.381. The Labute approximate surface area is 166 Å². The summed E-state index contributed by atoms with van der Waals surface area (Å²) in [4.78, 5) is 2.47. The van der Waals surface area contributed by atoms with E-state index in [-0.39, 0.29) is 6.04 Å². The highest BCUT2D eigenvalue weighted by Gasteiger charge is 2.12. The highest BCUT2D eigenvalue weighted by molar-refractivity contribution is 7.80. The molecule has 1 aliphatic heterocycles. The van der Waals surface area contributed by atoms with Gasteiger partial charge in [-0.3, -0.25) is 0 Å². The van der Waals surface area contributed by atoms with Gasteiger partial charge in [0, 0.05) is 29.5 Å². The summed E-state index contributed by atoms with van der Waals surface area (Å²) in [7, 11) is 0. The Morgan fingerprint density at radius 1 is 1.08 bits per heavy atom. The lowest BCUT2D eigenvalue weighted by molar-refractivity contribution is 0.577. The van der Waals surface area contributed by atoms with E-state index in [4.69, 9.17) is 23.8 Å². The lowest BCUT2D eigenvalue weighted by Gasteiger charge is -2.29. The van der Waals surface area contributed by atoms with Gasteiger partial charge in [0.1, 0.15) is 0 Å². The zero-order chi connectivity index (χ0) is 18.5. The van der Waals surface area contributed by atoms with Gasteiger partial charge in [-0.05, 0) is 80.7 Å². The summed E-state index contributed by atoms with van der Waals surface area (Å²) in [5, 5.41) is 7.87. The molecule has 1 atom stereocenters. The van der Waals surface area contributed by atoms with Gasteiger partial charge >= 0.3 is 0 Å². The predicted octanol–water partition coefficient (Wildman–Crippen LogP) is 5.69. The Balaban J connectivity index is 1.57. The highest BCUT2D eigenvalue weighted by Crippen LogP contribution is 2.23. The number of thiocarbonyl (C=S) groups is 1. The molecule has 3 nitrogen and oxygen atoms in total. The summed E-state index contributed by atoms with van der Waals surface area (Å²) in [5.41, 5.74) is 4.48. The van der Waals surface area contributed by atoms with Gasteiger partial charge in [0.2, 0.25) is 0 Å². The number of piperidine rings is 1. The van der Waals surface area contributed by atoms with Crippen LogP contribution in [0, 0.1) is 6.92 Å². The summed E-state index contributed by atoms with van der Waals surface area (Å²) in [6.45, 7) is 6.44. The molecule has 0 aromatic heterocycles. The van der Waals surface area contributed by atoms with Crippen molar-refractivity contribution in [1.82, 2.24) is 5.32 Å². The second-order valence-corrected chi connectivity index (χ2v) is 7.74. The standard InChI is InChI=1S/C21H26ClN3S/c1-15-6-9-18(14-20(15)22)24-21(26)23-16(2)17-7-10-19(11-8-17)25-12-4-3-5-13-25/h6-11,14,16H,3-5,12-13H2,1-2H3,(H2,23,24,26)/t16-/m1/s1. The lowest BCUT2D eigenvalue weighted by Crippen LogP contribution is -2.31. The summed E-state index contributed by atoms with van der Waals surface area (Å²) in [6.07, 6.45) is 3.94. The van der Waals surface area contributed by atoms with Crippen LogP contribution >= 0.6 is 23.8 Å². The van der Waals surface area contributed by atoms with Gasteiger partial charge < -0.3 is 15.5 Å². The minimum absolute atomic E-state index is 0.131. The van der Waals surface area contributed by atoms with Crippen LogP contribution in [0.3, 0.4) is 0 Å². The molecule has 0 amide bonds. The number of halogens is 1. The number of nitrogens with zero attached hydrogens (tertiary/aromatic N) is 1.